The zero-order valence-electron chi connectivity index (χ0n) is 13.6. The third kappa shape index (κ3) is 4.23. The summed E-state index contributed by atoms with van der Waals surface area (Å²) in [4.78, 5) is 14.1. The highest BCUT2D eigenvalue weighted by atomic mass is 79.9. The number of cyclic esters (lactones) is 1. The number of benzene rings is 1. The minimum atomic E-state index is -0.853. The number of carbonyl (C=O) groups excluding carboxylic acids is 1. The Morgan fingerprint density at radius 3 is 2.50 bits per heavy atom. The SMILES string of the molecule is C[C@@H](c1ccc(Br)cc1)N1CC[C@@](C)(CC(C)(C)O)OC1=O. The van der Waals surface area contributed by atoms with Crippen LogP contribution in [0.1, 0.15) is 52.1 Å². The van der Waals surface area contributed by atoms with E-state index >= 15 is 0 Å². The van der Waals surface area contributed by atoms with E-state index in [4.69, 9.17) is 4.74 Å². The molecular formula is C17H24BrNO3. The number of nitrogens with zero attached hydrogens (tertiary/aromatic N) is 1. The topological polar surface area (TPSA) is 49.8 Å². The maximum Gasteiger partial charge on any atom is 0.410 e. The largest absolute Gasteiger partial charge is 0.443 e. The van der Waals surface area contributed by atoms with Gasteiger partial charge in [0.25, 0.3) is 0 Å². The first-order valence-corrected chi connectivity index (χ1v) is 8.36. The molecule has 1 heterocycles. The molecule has 0 aliphatic carbocycles. The van der Waals surface area contributed by atoms with Gasteiger partial charge in [0.05, 0.1) is 11.6 Å². The summed E-state index contributed by atoms with van der Waals surface area (Å²) in [6.07, 6.45) is 0.837. The van der Waals surface area contributed by atoms with E-state index in [1.165, 1.54) is 0 Å². The van der Waals surface area contributed by atoms with E-state index in [-0.39, 0.29) is 12.1 Å². The molecule has 2 atom stereocenters. The minimum Gasteiger partial charge on any atom is -0.443 e. The molecule has 1 aromatic rings. The van der Waals surface area contributed by atoms with Crippen LogP contribution in [-0.4, -0.2) is 33.8 Å². The Morgan fingerprint density at radius 2 is 2.00 bits per heavy atom. The zero-order chi connectivity index (χ0) is 16.5. The summed E-state index contributed by atoms with van der Waals surface area (Å²) in [5.74, 6) is 0. The van der Waals surface area contributed by atoms with Gasteiger partial charge in [0.1, 0.15) is 5.60 Å². The second kappa shape index (κ2) is 6.20. The molecule has 22 heavy (non-hydrogen) atoms. The van der Waals surface area contributed by atoms with Crippen LogP contribution < -0.4 is 0 Å². The normalized spacial score (nSPS) is 24.1. The Bertz CT molecular complexity index is 538. The van der Waals surface area contributed by atoms with Crippen molar-refractivity contribution in [1.82, 2.24) is 4.90 Å². The van der Waals surface area contributed by atoms with Gasteiger partial charge in [0.15, 0.2) is 0 Å². The van der Waals surface area contributed by atoms with Crippen LogP contribution in [0.3, 0.4) is 0 Å². The molecule has 0 saturated carbocycles. The van der Waals surface area contributed by atoms with E-state index in [2.05, 4.69) is 15.9 Å². The van der Waals surface area contributed by atoms with Crippen molar-refractivity contribution in [2.24, 2.45) is 0 Å². The molecule has 4 nitrogen and oxygen atoms in total. The highest BCUT2D eigenvalue weighted by Gasteiger charge is 2.41. The lowest BCUT2D eigenvalue weighted by Gasteiger charge is -2.43. The summed E-state index contributed by atoms with van der Waals surface area (Å²) in [5.41, 5.74) is -0.383. The van der Waals surface area contributed by atoms with Crippen molar-refractivity contribution in [2.75, 3.05) is 6.54 Å². The molecule has 1 fully saturated rings. The molecule has 1 amide bonds. The van der Waals surface area contributed by atoms with Gasteiger partial charge in [-0.1, -0.05) is 28.1 Å². The Labute approximate surface area is 140 Å². The number of aliphatic hydroxyl groups is 1. The summed E-state index contributed by atoms with van der Waals surface area (Å²) < 4.78 is 6.66. The molecule has 122 valence electrons. The molecular weight excluding hydrogens is 346 g/mol. The van der Waals surface area contributed by atoms with Gasteiger partial charge in [-0.2, -0.15) is 0 Å². The number of amides is 1. The molecule has 2 rings (SSSR count). The lowest BCUT2D eigenvalue weighted by atomic mass is 9.87. The summed E-state index contributed by atoms with van der Waals surface area (Å²) in [6.45, 7) is 8.00. The van der Waals surface area contributed by atoms with Gasteiger partial charge < -0.3 is 14.7 Å². The minimum absolute atomic E-state index is 0.0349. The number of carbonyl (C=O) groups is 1. The van der Waals surface area contributed by atoms with Crippen molar-refractivity contribution in [1.29, 1.82) is 0 Å². The number of ether oxygens (including phenoxy) is 1. The zero-order valence-corrected chi connectivity index (χ0v) is 15.2. The van der Waals surface area contributed by atoms with Crippen molar-refractivity contribution in [3.05, 3.63) is 34.3 Å². The summed E-state index contributed by atoms with van der Waals surface area (Å²) in [7, 11) is 0. The molecule has 1 aromatic carbocycles. The van der Waals surface area contributed by atoms with Gasteiger partial charge in [-0.3, -0.25) is 0 Å². The van der Waals surface area contributed by atoms with Crippen LogP contribution in [-0.2, 0) is 4.74 Å². The molecule has 1 saturated heterocycles. The number of halogens is 1. The molecule has 1 N–H and O–H groups in total. The Balaban J connectivity index is 2.07. The fourth-order valence-electron chi connectivity index (χ4n) is 3.08. The van der Waals surface area contributed by atoms with E-state index in [9.17, 15) is 9.90 Å². The Kier molecular flexibility index (Phi) is 4.87. The number of hydrogen-bond acceptors (Lipinski definition) is 3. The third-order valence-corrected chi connectivity index (χ3v) is 4.60. The molecule has 1 aliphatic rings. The number of hydrogen-bond donors (Lipinski definition) is 1. The first kappa shape index (κ1) is 17.3. The van der Waals surface area contributed by atoms with Crippen molar-refractivity contribution in [3.8, 4) is 0 Å². The van der Waals surface area contributed by atoms with Crippen LogP contribution in [0.5, 0.6) is 0 Å². The molecule has 0 bridgehead atoms. The molecule has 0 spiro atoms. The van der Waals surface area contributed by atoms with Gasteiger partial charge in [-0.05, 0) is 45.4 Å². The quantitative estimate of drug-likeness (QED) is 0.861. The van der Waals surface area contributed by atoms with E-state index < -0.39 is 11.2 Å². The predicted octanol–water partition coefficient (Wildman–Crippen LogP) is 4.27. The molecule has 0 unspecified atom stereocenters. The van der Waals surface area contributed by atoms with Crippen LogP contribution in [0.25, 0.3) is 0 Å². The third-order valence-electron chi connectivity index (χ3n) is 4.08. The second-order valence-corrected chi connectivity index (χ2v) is 7.89. The van der Waals surface area contributed by atoms with Crippen LogP contribution in [0.2, 0.25) is 0 Å². The highest BCUT2D eigenvalue weighted by Crippen LogP contribution is 2.34. The van der Waals surface area contributed by atoms with Gasteiger partial charge in [0, 0.05) is 23.9 Å². The van der Waals surface area contributed by atoms with Crippen molar-refractivity contribution >= 4 is 22.0 Å². The monoisotopic (exact) mass is 369 g/mol. The average molecular weight is 370 g/mol. The fourth-order valence-corrected chi connectivity index (χ4v) is 3.35. The molecule has 0 radical (unpaired) electrons. The lowest BCUT2D eigenvalue weighted by Crippen LogP contribution is -2.51. The van der Waals surface area contributed by atoms with E-state index in [1.807, 2.05) is 38.1 Å². The summed E-state index contributed by atoms with van der Waals surface area (Å²) in [5, 5.41) is 9.99. The second-order valence-electron chi connectivity index (χ2n) is 6.98. The average Bonchev–Trinajstić information content (AvgIpc) is 2.36. The van der Waals surface area contributed by atoms with Gasteiger partial charge in [0.2, 0.25) is 0 Å². The molecule has 0 aromatic heterocycles. The van der Waals surface area contributed by atoms with E-state index in [0.29, 0.717) is 19.4 Å². The maximum atomic E-state index is 12.4. The highest BCUT2D eigenvalue weighted by molar-refractivity contribution is 9.10. The van der Waals surface area contributed by atoms with E-state index in [0.717, 1.165) is 10.0 Å². The van der Waals surface area contributed by atoms with Crippen molar-refractivity contribution < 1.29 is 14.6 Å². The summed E-state index contributed by atoms with van der Waals surface area (Å²) >= 11 is 3.42. The summed E-state index contributed by atoms with van der Waals surface area (Å²) in [6, 6.07) is 7.92. The van der Waals surface area contributed by atoms with Crippen LogP contribution in [0.15, 0.2) is 28.7 Å². The first-order valence-electron chi connectivity index (χ1n) is 7.57. The maximum absolute atomic E-state index is 12.4. The van der Waals surface area contributed by atoms with E-state index in [1.54, 1.807) is 18.7 Å². The van der Waals surface area contributed by atoms with Gasteiger partial charge in [-0.25, -0.2) is 4.79 Å². The standard InChI is InChI=1S/C17H24BrNO3/c1-12(13-5-7-14(18)8-6-13)19-10-9-17(4,22-15(19)20)11-16(2,3)21/h5-8,12,21H,9-11H2,1-4H3/t12-,17-/m0/s1. The Morgan fingerprint density at radius 1 is 1.41 bits per heavy atom. The first-order chi connectivity index (χ1) is 10.1. The van der Waals surface area contributed by atoms with Gasteiger partial charge in [-0.15, -0.1) is 0 Å². The number of rotatable bonds is 4. The van der Waals surface area contributed by atoms with Crippen molar-refractivity contribution in [3.63, 3.8) is 0 Å². The Hall–Kier alpha value is -1.07. The van der Waals surface area contributed by atoms with Crippen LogP contribution in [0.4, 0.5) is 4.79 Å². The van der Waals surface area contributed by atoms with Crippen LogP contribution in [0, 0.1) is 0 Å². The molecule has 5 heteroatoms. The lowest BCUT2D eigenvalue weighted by molar-refractivity contribution is -0.0859. The fraction of sp³-hybridized carbons (Fsp3) is 0.588. The van der Waals surface area contributed by atoms with Crippen LogP contribution >= 0.6 is 15.9 Å². The molecule has 1 aliphatic heterocycles. The van der Waals surface area contributed by atoms with Gasteiger partial charge >= 0.3 is 6.09 Å². The smallest absolute Gasteiger partial charge is 0.410 e. The van der Waals surface area contributed by atoms with Crippen molar-refractivity contribution in [2.45, 2.75) is 57.8 Å². The predicted molar refractivity (Wildman–Crippen MR) is 89.7 cm³/mol.